The van der Waals surface area contributed by atoms with Crippen LogP contribution in [0.4, 0.5) is 4.39 Å². The Morgan fingerprint density at radius 1 is 1.06 bits per heavy atom. The molecule has 4 rings (SSSR count). The molecule has 1 aromatic heterocycles. The number of piperidine rings is 1. The standard InChI is InChI=1S/C24H25FN2O5S/c1-2-32-24(29)17-11-13-26(14-12-17)23(28)16-27-15-22(20-5-3-4-6-21(20)27)33(30,31)19-9-7-18(25)8-10-19/h3-10,15,17H,2,11-14,16H2,1H3. The fourth-order valence-corrected chi connectivity index (χ4v) is 5.65. The first kappa shape index (κ1) is 23.0. The van der Waals surface area contributed by atoms with Crippen LogP contribution in [0.15, 0.2) is 64.5 Å². The predicted octanol–water partition coefficient (Wildman–Crippen LogP) is 3.41. The van der Waals surface area contributed by atoms with Crippen LogP contribution in [0.3, 0.4) is 0 Å². The average Bonchev–Trinajstić information content (AvgIpc) is 3.19. The number of rotatable bonds is 6. The smallest absolute Gasteiger partial charge is 0.309 e. The first-order chi connectivity index (χ1) is 15.8. The van der Waals surface area contributed by atoms with Crippen LogP contribution in [0.2, 0.25) is 0 Å². The molecule has 1 aliphatic rings. The van der Waals surface area contributed by atoms with Crippen LogP contribution in [0, 0.1) is 11.7 Å². The van der Waals surface area contributed by atoms with Crippen LogP contribution in [0.5, 0.6) is 0 Å². The second kappa shape index (κ2) is 9.35. The summed E-state index contributed by atoms with van der Waals surface area (Å²) in [4.78, 5) is 26.7. The van der Waals surface area contributed by atoms with Gasteiger partial charge in [0.25, 0.3) is 0 Å². The predicted molar refractivity (Wildman–Crippen MR) is 120 cm³/mol. The van der Waals surface area contributed by atoms with E-state index < -0.39 is 15.7 Å². The first-order valence-corrected chi connectivity index (χ1v) is 12.3. The third-order valence-electron chi connectivity index (χ3n) is 5.94. The minimum atomic E-state index is -3.91. The van der Waals surface area contributed by atoms with Crippen LogP contribution in [0.1, 0.15) is 19.8 Å². The Kier molecular flexibility index (Phi) is 6.51. The van der Waals surface area contributed by atoms with Gasteiger partial charge in [-0.1, -0.05) is 18.2 Å². The summed E-state index contributed by atoms with van der Waals surface area (Å²) in [5.41, 5.74) is 0.618. The zero-order valence-corrected chi connectivity index (χ0v) is 19.1. The molecule has 1 amide bonds. The van der Waals surface area contributed by atoms with E-state index in [4.69, 9.17) is 4.74 Å². The molecular weight excluding hydrogens is 447 g/mol. The maximum absolute atomic E-state index is 13.3. The molecule has 3 aromatic rings. The molecule has 2 heterocycles. The molecule has 33 heavy (non-hydrogen) atoms. The van der Waals surface area contributed by atoms with Gasteiger partial charge in [0.05, 0.1) is 22.3 Å². The van der Waals surface area contributed by atoms with Crippen molar-refractivity contribution < 1.29 is 27.1 Å². The number of amides is 1. The highest BCUT2D eigenvalue weighted by Gasteiger charge is 2.29. The van der Waals surface area contributed by atoms with Crippen molar-refractivity contribution in [2.75, 3.05) is 19.7 Å². The molecule has 0 N–H and O–H groups in total. The summed E-state index contributed by atoms with van der Waals surface area (Å²) in [7, 11) is -3.91. The van der Waals surface area contributed by atoms with Gasteiger partial charge in [0.2, 0.25) is 15.7 Å². The van der Waals surface area contributed by atoms with E-state index in [0.717, 1.165) is 12.1 Å². The lowest BCUT2D eigenvalue weighted by Gasteiger charge is -2.31. The maximum Gasteiger partial charge on any atom is 0.309 e. The van der Waals surface area contributed by atoms with Gasteiger partial charge >= 0.3 is 5.97 Å². The minimum Gasteiger partial charge on any atom is -0.466 e. The SMILES string of the molecule is CCOC(=O)C1CCN(C(=O)Cn2cc(S(=O)(=O)c3ccc(F)cc3)c3ccccc32)CC1. The van der Waals surface area contributed by atoms with Gasteiger partial charge in [-0.2, -0.15) is 0 Å². The Morgan fingerprint density at radius 3 is 2.39 bits per heavy atom. The summed E-state index contributed by atoms with van der Waals surface area (Å²) in [6, 6.07) is 11.6. The largest absolute Gasteiger partial charge is 0.466 e. The number of carbonyl (C=O) groups is 2. The van der Waals surface area contributed by atoms with Gasteiger partial charge in [-0.05, 0) is 50.1 Å². The number of fused-ring (bicyclic) bond motifs is 1. The number of para-hydroxylation sites is 1. The number of likely N-dealkylation sites (tertiary alicyclic amines) is 1. The second-order valence-electron chi connectivity index (χ2n) is 8.00. The van der Waals surface area contributed by atoms with E-state index in [1.165, 1.54) is 18.3 Å². The topological polar surface area (TPSA) is 85.7 Å². The van der Waals surface area contributed by atoms with Gasteiger partial charge in [-0.25, -0.2) is 12.8 Å². The Balaban J connectivity index is 1.57. The molecule has 174 valence electrons. The molecule has 0 aliphatic carbocycles. The van der Waals surface area contributed by atoms with E-state index in [2.05, 4.69) is 0 Å². The highest BCUT2D eigenvalue weighted by atomic mass is 32.2. The number of esters is 1. The fourth-order valence-electron chi connectivity index (χ4n) is 4.17. The molecule has 2 aromatic carbocycles. The average molecular weight is 473 g/mol. The molecule has 0 radical (unpaired) electrons. The summed E-state index contributed by atoms with van der Waals surface area (Å²) < 4.78 is 46.5. The summed E-state index contributed by atoms with van der Waals surface area (Å²) in [5.74, 6) is -1.09. The number of nitrogens with zero attached hydrogens (tertiary/aromatic N) is 2. The maximum atomic E-state index is 13.3. The number of aromatic nitrogens is 1. The number of ether oxygens (including phenoxy) is 1. The van der Waals surface area contributed by atoms with E-state index in [1.54, 1.807) is 40.7 Å². The third kappa shape index (κ3) is 4.64. The third-order valence-corrected chi connectivity index (χ3v) is 7.74. The second-order valence-corrected chi connectivity index (χ2v) is 9.92. The van der Waals surface area contributed by atoms with Gasteiger partial charge < -0.3 is 14.2 Å². The van der Waals surface area contributed by atoms with E-state index >= 15 is 0 Å². The van der Waals surface area contributed by atoms with E-state index in [1.807, 2.05) is 0 Å². The number of carbonyl (C=O) groups excluding carboxylic acids is 2. The zero-order chi connectivity index (χ0) is 23.6. The van der Waals surface area contributed by atoms with Crippen molar-refractivity contribution in [2.24, 2.45) is 5.92 Å². The lowest BCUT2D eigenvalue weighted by molar-refractivity contribution is -0.151. The van der Waals surface area contributed by atoms with E-state index in [-0.39, 0.29) is 34.1 Å². The Labute approximate surface area is 191 Å². The van der Waals surface area contributed by atoms with Crippen molar-refractivity contribution in [2.45, 2.75) is 36.1 Å². The number of hydrogen-bond donors (Lipinski definition) is 0. The molecule has 1 aliphatic heterocycles. The zero-order valence-electron chi connectivity index (χ0n) is 18.2. The molecule has 0 spiro atoms. The van der Waals surface area contributed by atoms with Crippen LogP contribution in [-0.4, -0.2) is 49.5 Å². The van der Waals surface area contributed by atoms with Gasteiger partial charge in [0, 0.05) is 30.2 Å². The Morgan fingerprint density at radius 2 is 1.73 bits per heavy atom. The molecule has 0 bridgehead atoms. The molecule has 9 heteroatoms. The first-order valence-electron chi connectivity index (χ1n) is 10.8. The van der Waals surface area contributed by atoms with Crippen LogP contribution in [0.25, 0.3) is 10.9 Å². The lowest BCUT2D eigenvalue weighted by atomic mass is 9.97. The van der Waals surface area contributed by atoms with Crippen molar-refractivity contribution in [1.82, 2.24) is 9.47 Å². The molecule has 7 nitrogen and oxygen atoms in total. The normalized spacial score (nSPS) is 15.0. The summed E-state index contributed by atoms with van der Waals surface area (Å²) in [6.07, 6.45) is 2.55. The molecule has 0 saturated carbocycles. The number of halogens is 1. The van der Waals surface area contributed by atoms with Crippen LogP contribution >= 0.6 is 0 Å². The van der Waals surface area contributed by atoms with Crippen LogP contribution < -0.4 is 0 Å². The summed E-state index contributed by atoms with van der Waals surface area (Å²) >= 11 is 0. The quantitative estimate of drug-likeness (QED) is 0.405. The van der Waals surface area contributed by atoms with Gasteiger partial charge in [0.15, 0.2) is 0 Å². The van der Waals surface area contributed by atoms with Gasteiger partial charge in [-0.15, -0.1) is 0 Å². The monoisotopic (exact) mass is 472 g/mol. The van der Waals surface area contributed by atoms with E-state index in [0.29, 0.717) is 43.4 Å². The number of sulfone groups is 1. The van der Waals surface area contributed by atoms with Crippen molar-refractivity contribution in [3.63, 3.8) is 0 Å². The van der Waals surface area contributed by atoms with Crippen molar-refractivity contribution in [3.8, 4) is 0 Å². The number of hydrogen-bond acceptors (Lipinski definition) is 5. The van der Waals surface area contributed by atoms with Crippen molar-refractivity contribution in [1.29, 1.82) is 0 Å². The molecule has 0 unspecified atom stereocenters. The van der Waals surface area contributed by atoms with Crippen molar-refractivity contribution >= 4 is 32.6 Å². The lowest BCUT2D eigenvalue weighted by Crippen LogP contribution is -2.42. The fraction of sp³-hybridized carbons (Fsp3) is 0.333. The number of benzene rings is 2. The van der Waals surface area contributed by atoms with E-state index in [9.17, 15) is 22.4 Å². The van der Waals surface area contributed by atoms with Gasteiger partial charge in [0.1, 0.15) is 12.4 Å². The Hall–Kier alpha value is -3.20. The molecule has 1 fully saturated rings. The minimum absolute atomic E-state index is 0.0147. The molecular formula is C24H25FN2O5S. The van der Waals surface area contributed by atoms with Crippen molar-refractivity contribution in [3.05, 3.63) is 60.5 Å². The molecule has 1 saturated heterocycles. The molecule has 0 atom stereocenters. The Bertz CT molecular complexity index is 1280. The highest BCUT2D eigenvalue weighted by molar-refractivity contribution is 7.91. The van der Waals surface area contributed by atoms with Gasteiger partial charge in [-0.3, -0.25) is 9.59 Å². The summed E-state index contributed by atoms with van der Waals surface area (Å²) in [5, 5.41) is 0.496. The van der Waals surface area contributed by atoms with Crippen LogP contribution in [-0.2, 0) is 30.7 Å². The summed E-state index contributed by atoms with van der Waals surface area (Å²) in [6.45, 7) is 2.97. The highest BCUT2D eigenvalue weighted by Crippen LogP contribution is 2.30.